The van der Waals surface area contributed by atoms with Crippen LogP contribution in [0, 0.1) is 6.92 Å². The van der Waals surface area contributed by atoms with Crippen LogP contribution in [0.25, 0.3) is 5.69 Å². The van der Waals surface area contributed by atoms with Crippen molar-refractivity contribution in [2.45, 2.75) is 61.0 Å². The topological polar surface area (TPSA) is 110 Å². The van der Waals surface area contributed by atoms with Crippen molar-refractivity contribution >= 4 is 21.6 Å². The Labute approximate surface area is 205 Å². The van der Waals surface area contributed by atoms with E-state index >= 15 is 0 Å². The highest BCUT2D eigenvalue weighted by Gasteiger charge is 2.47. The Morgan fingerprint density at radius 1 is 1.19 bits per heavy atom. The first kappa shape index (κ1) is 24.3. The summed E-state index contributed by atoms with van der Waals surface area (Å²) in [5.74, 6) is -0.760. The number of aryl methyl sites for hydroxylation is 1. The predicted octanol–water partition coefficient (Wildman–Crippen LogP) is 3.63. The van der Waals surface area contributed by atoms with Gasteiger partial charge in [0, 0.05) is 25.0 Å². The number of carbonyl (C=O) groups is 1. The van der Waals surface area contributed by atoms with Gasteiger partial charge >= 0.3 is 12.1 Å². The molecule has 1 aliphatic heterocycles. The van der Waals surface area contributed by atoms with Crippen molar-refractivity contribution in [3.8, 4) is 5.69 Å². The van der Waals surface area contributed by atoms with Gasteiger partial charge in [0.05, 0.1) is 33.1 Å². The van der Waals surface area contributed by atoms with E-state index in [0.717, 1.165) is 31.4 Å². The number of nitrogens with zero attached hydrogens (tertiary/aromatic N) is 5. The molecule has 2 fully saturated rings. The van der Waals surface area contributed by atoms with Crippen molar-refractivity contribution in [2.24, 2.45) is 0 Å². The summed E-state index contributed by atoms with van der Waals surface area (Å²) in [4.78, 5) is 12.7. The molecule has 3 heterocycles. The monoisotopic (exact) mass is 523 g/mol. The predicted molar refractivity (Wildman–Crippen MR) is 123 cm³/mol. The van der Waals surface area contributed by atoms with E-state index in [1.807, 2.05) is 0 Å². The molecule has 1 aromatic carbocycles. The van der Waals surface area contributed by atoms with Gasteiger partial charge in [-0.2, -0.15) is 23.4 Å². The molecular formula is C23H24F3N5O4S. The number of alkyl halides is 3. The molecule has 13 heteroatoms. The molecule has 3 aromatic rings. The van der Waals surface area contributed by atoms with E-state index in [9.17, 15) is 31.5 Å². The molecule has 0 bridgehead atoms. The first-order valence-electron chi connectivity index (χ1n) is 11.5. The van der Waals surface area contributed by atoms with Gasteiger partial charge in [0.15, 0.2) is 9.84 Å². The molecule has 9 nitrogen and oxygen atoms in total. The third-order valence-corrected chi connectivity index (χ3v) is 9.07. The average Bonchev–Trinajstić information content (AvgIpc) is 3.51. The maximum Gasteiger partial charge on any atom is 0.417 e. The van der Waals surface area contributed by atoms with Crippen molar-refractivity contribution in [1.82, 2.24) is 19.6 Å². The second kappa shape index (κ2) is 8.64. The molecule has 192 valence electrons. The van der Waals surface area contributed by atoms with Crippen LogP contribution >= 0.6 is 0 Å². The van der Waals surface area contributed by atoms with Gasteiger partial charge in [0.2, 0.25) is 0 Å². The van der Waals surface area contributed by atoms with Crippen LogP contribution in [0.4, 0.5) is 19.0 Å². The zero-order chi connectivity index (χ0) is 25.8. The van der Waals surface area contributed by atoms with Crippen molar-refractivity contribution in [3.05, 3.63) is 54.0 Å². The number of hydrogen-bond donors (Lipinski definition) is 1. The summed E-state index contributed by atoms with van der Waals surface area (Å²) in [5.41, 5.74) is -0.597. The summed E-state index contributed by atoms with van der Waals surface area (Å²) >= 11 is 0. The van der Waals surface area contributed by atoms with Gasteiger partial charge in [-0.3, -0.25) is 0 Å². The smallest absolute Gasteiger partial charge is 0.417 e. The van der Waals surface area contributed by atoms with Crippen LogP contribution < -0.4 is 4.90 Å². The van der Waals surface area contributed by atoms with Gasteiger partial charge < -0.3 is 10.0 Å². The second-order valence-corrected chi connectivity index (χ2v) is 11.4. The molecule has 2 aliphatic rings. The lowest BCUT2D eigenvalue weighted by atomic mass is 9.93. The number of anilines is 1. The summed E-state index contributed by atoms with van der Waals surface area (Å²) < 4.78 is 72.1. The Hall–Kier alpha value is -3.35. The lowest BCUT2D eigenvalue weighted by Gasteiger charge is -2.31. The molecule has 36 heavy (non-hydrogen) atoms. The standard InChI is InChI=1S/C23H24F3N5O4S/c1-14-10-21(31(28-14)15-4-2-5-15)29-13-17(12-19(29)22(32)33)36(34,35)20-7-6-16(30-9-3-8-27-30)11-18(20)23(24,25)26/h3,6-11,15,17,19H,2,4-5,12-13H2,1H3,(H,32,33)/t17-,19+/m1/s1. The lowest BCUT2D eigenvalue weighted by Crippen LogP contribution is -2.38. The number of aliphatic carboxylic acids is 1. The first-order chi connectivity index (χ1) is 17.0. The number of hydrogen-bond acceptors (Lipinski definition) is 6. The number of carboxylic acid groups (broad SMARTS) is 1. The van der Waals surface area contributed by atoms with Crippen LogP contribution in [0.1, 0.15) is 43.0 Å². The van der Waals surface area contributed by atoms with Gasteiger partial charge in [-0.1, -0.05) is 0 Å². The van der Waals surface area contributed by atoms with Crippen LogP contribution in [-0.4, -0.2) is 56.9 Å². The summed E-state index contributed by atoms with van der Waals surface area (Å²) in [5, 5.41) is 16.9. The van der Waals surface area contributed by atoms with Crippen molar-refractivity contribution in [2.75, 3.05) is 11.4 Å². The highest BCUT2D eigenvalue weighted by molar-refractivity contribution is 7.92. The molecule has 1 saturated heterocycles. The Bertz CT molecular complexity index is 1400. The van der Waals surface area contributed by atoms with E-state index < -0.39 is 43.7 Å². The molecule has 1 aliphatic carbocycles. The minimum absolute atomic E-state index is 0.0580. The minimum atomic E-state index is -4.95. The molecule has 1 saturated carbocycles. The highest BCUT2D eigenvalue weighted by Crippen LogP contribution is 2.41. The van der Waals surface area contributed by atoms with Crippen LogP contribution in [0.2, 0.25) is 0 Å². The van der Waals surface area contributed by atoms with E-state index in [-0.39, 0.29) is 24.7 Å². The fraction of sp³-hybridized carbons (Fsp3) is 0.435. The third-order valence-electron chi connectivity index (χ3n) is 6.88. The van der Waals surface area contributed by atoms with Crippen LogP contribution in [0.3, 0.4) is 0 Å². The molecule has 0 amide bonds. The summed E-state index contributed by atoms with van der Waals surface area (Å²) in [7, 11) is -4.55. The molecule has 2 aromatic heterocycles. The Kier molecular flexibility index (Phi) is 5.85. The molecule has 0 radical (unpaired) electrons. The SMILES string of the molecule is Cc1cc(N2C[C@H](S(=O)(=O)c3ccc(-n4cccn4)cc3C(F)(F)F)C[C@H]2C(=O)O)n(C2CCC2)n1. The van der Waals surface area contributed by atoms with E-state index in [1.54, 1.807) is 17.7 Å². The van der Waals surface area contributed by atoms with Gasteiger partial charge in [-0.15, -0.1) is 0 Å². The number of carboxylic acids is 1. The molecular weight excluding hydrogens is 499 g/mol. The zero-order valence-corrected chi connectivity index (χ0v) is 20.1. The highest BCUT2D eigenvalue weighted by atomic mass is 32.2. The largest absolute Gasteiger partial charge is 0.480 e. The number of aromatic nitrogens is 4. The van der Waals surface area contributed by atoms with Crippen LogP contribution in [0.15, 0.2) is 47.6 Å². The van der Waals surface area contributed by atoms with E-state index in [2.05, 4.69) is 10.2 Å². The number of rotatable bonds is 6. The van der Waals surface area contributed by atoms with Crippen molar-refractivity contribution in [1.29, 1.82) is 0 Å². The van der Waals surface area contributed by atoms with E-state index in [0.29, 0.717) is 11.5 Å². The summed E-state index contributed by atoms with van der Waals surface area (Å²) in [6.45, 7) is 1.50. The summed E-state index contributed by atoms with van der Waals surface area (Å²) in [6.07, 6.45) is 0.312. The lowest BCUT2D eigenvalue weighted by molar-refractivity contribution is -0.140. The fourth-order valence-corrected chi connectivity index (χ4v) is 6.75. The van der Waals surface area contributed by atoms with Gasteiger partial charge in [0.25, 0.3) is 0 Å². The Balaban J connectivity index is 1.54. The van der Waals surface area contributed by atoms with Crippen LogP contribution in [0.5, 0.6) is 0 Å². The summed E-state index contributed by atoms with van der Waals surface area (Å²) in [6, 6.07) is 5.04. The van der Waals surface area contributed by atoms with Crippen LogP contribution in [-0.2, 0) is 20.8 Å². The van der Waals surface area contributed by atoms with Crippen molar-refractivity contribution < 1.29 is 31.5 Å². The van der Waals surface area contributed by atoms with Gasteiger partial charge in [-0.05, 0) is 56.9 Å². The second-order valence-electron chi connectivity index (χ2n) is 9.21. The quantitative estimate of drug-likeness (QED) is 0.525. The Morgan fingerprint density at radius 3 is 2.53 bits per heavy atom. The van der Waals surface area contributed by atoms with E-state index in [1.165, 1.54) is 34.1 Å². The molecule has 0 unspecified atom stereocenters. The zero-order valence-electron chi connectivity index (χ0n) is 19.3. The number of sulfone groups is 1. The minimum Gasteiger partial charge on any atom is -0.480 e. The van der Waals surface area contributed by atoms with E-state index in [4.69, 9.17) is 0 Å². The maximum absolute atomic E-state index is 14.0. The third kappa shape index (κ3) is 4.14. The average molecular weight is 524 g/mol. The molecule has 2 atom stereocenters. The fourth-order valence-electron chi connectivity index (χ4n) is 4.86. The number of benzene rings is 1. The molecule has 1 N–H and O–H groups in total. The normalized spacial score (nSPS) is 21.1. The van der Waals surface area contributed by atoms with Crippen molar-refractivity contribution in [3.63, 3.8) is 0 Å². The Morgan fingerprint density at radius 2 is 1.94 bits per heavy atom. The first-order valence-corrected chi connectivity index (χ1v) is 13.0. The number of halogens is 3. The molecule has 5 rings (SSSR count). The maximum atomic E-state index is 14.0. The van der Waals surface area contributed by atoms with Gasteiger partial charge in [0.1, 0.15) is 11.9 Å². The molecule has 0 spiro atoms. The van der Waals surface area contributed by atoms with Gasteiger partial charge in [-0.25, -0.2) is 22.6 Å².